The number of hydrogen-bond acceptors (Lipinski definition) is 5. The van der Waals surface area contributed by atoms with Gasteiger partial charge in [0.25, 0.3) is 5.91 Å². The largest absolute Gasteiger partial charge is 0.496 e. The number of amides is 1. The number of benzene rings is 2. The highest BCUT2D eigenvalue weighted by Crippen LogP contribution is 2.37. The van der Waals surface area contributed by atoms with E-state index in [1.165, 1.54) is 5.56 Å². The van der Waals surface area contributed by atoms with Crippen molar-refractivity contribution in [1.82, 2.24) is 10.6 Å². The Balaban J connectivity index is 0.00000160. The number of piperidine rings is 1. The number of halogens is 2. The van der Waals surface area contributed by atoms with E-state index < -0.39 is 0 Å². The number of carbonyl (C=O) groups excluding carboxylic acids is 1. The molecular weight excluding hydrogens is 425 g/mol. The first-order valence-corrected chi connectivity index (χ1v) is 9.79. The molecular formula is C22H29Cl2N3O3. The highest BCUT2D eigenvalue weighted by molar-refractivity contribution is 5.97. The average Bonchev–Trinajstić information content (AvgIpc) is 2.75. The van der Waals surface area contributed by atoms with Crippen molar-refractivity contribution in [3.8, 4) is 11.5 Å². The van der Waals surface area contributed by atoms with Crippen LogP contribution in [0.3, 0.4) is 0 Å². The van der Waals surface area contributed by atoms with Crippen molar-refractivity contribution in [3.05, 3.63) is 53.6 Å². The number of likely N-dealkylation sites (N-methyl/N-ethyl adjacent to an activating group) is 1. The van der Waals surface area contributed by atoms with Crippen molar-refractivity contribution in [2.75, 3.05) is 32.2 Å². The zero-order chi connectivity index (χ0) is 19.5. The van der Waals surface area contributed by atoms with Gasteiger partial charge in [0.05, 0.1) is 12.8 Å². The van der Waals surface area contributed by atoms with Crippen LogP contribution >= 0.6 is 24.8 Å². The number of anilines is 1. The van der Waals surface area contributed by atoms with Crippen LogP contribution in [0.25, 0.3) is 0 Å². The van der Waals surface area contributed by atoms with Crippen LogP contribution in [-0.4, -0.2) is 39.3 Å². The van der Waals surface area contributed by atoms with Gasteiger partial charge in [-0.3, -0.25) is 4.79 Å². The van der Waals surface area contributed by atoms with Crippen molar-refractivity contribution in [3.63, 3.8) is 0 Å². The summed E-state index contributed by atoms with van der Waals surface area (Å²) >= 11 is 0. The van der Waals surface area contributed by atoms with Crippen molar-refractivity contribution in [2.24, 2.45) is 0 Å². The van der Waals surface area contributed by atoms with E-state index in [0.717, 1.165) is 36.4 Å². The molecule has 2 atom stereocenters. The first-order valence-electron chi connectivity index (χ1n) is 9.79. The Bertz CT molecular complexity index is 851. The van der Waals surface area contributed by atoms with Crippen LogP contribution in [0, 0.1) is 0 Å². The molecule has 0 bridgehead atoms. The Morgan fingerprint density at radius 1 is 1.23 bits per heavy atom. The number of ether oxygens (including phenoxy) is 2. The number of nitrogens with zero attached hydrogens (tertiary/aromatic N) is 1. The minimum atomic E-state index is -0.0443. The fraction of sp³-hybridized carbons (Fsp3) is 0.409. The third-order valence-electron chi connectivity index (χ3n) is 5.62. The van der Waals surface area contributed by atoms with Crippen LogP contribution in [0.1, 0.15) is 30.0 Å². The lowest BCUT2D eigenvalue weighted by atomic mass is 9.92. The maximum Gasteiger partial charge on any atom is 0.264 e. The molecule has 2 unspecified atom stereocenters. The Morgan fingerprint density at radius 2 is 2.00 bits per heavy atom. The van der Waals surface area contributed by atoms with Crippen LogP contribution in [0.15, 0.2) is 42.5 Å². The number of fused-ring (bicyclic) bond motifs is 1. The van der Waals surface area contributed by atoms with E-state index in [-0.39, 0.29) is 43.4 Å². The quantitative estimate of drug-likeness (QED) is 0.725. The van der Waals surface area contributed by atoms with Gasteiger partial charge in [0, 0.05) is 37.3 Å². The van der Waals surface area contributed by atoms with Gasteiger partial charge in [-0.25, -0.2) is 0 Å². The molecule has 30 heavy (non-hydrogen) atoms. The van der Waals surface area contributed by atoms with Gasteiger partial charge < -0.3 is 25.0 Å². The number of rotatable bonds is 5. The van der Waals surface area contributed by atoms with Crippen LogP contribution in [0.4, 0.5) is 5.69 Å². The van der Waals surface area contributed by atoms with Crippen molar-refractivity contribution < 1.29 is 14.3 Å². The Kier molecular flexibility index (Phi) is 8.79. The fourth-order valence-corrected chi connectivity index (χ4v) is 4.03. The van der Waals surface area contributed by atoms with Gasteiger partial charge in [-0.2, -0.15) is 0 Å². The molecule has 0 aliphatic carbocycles. The summed E-state index contributed by atoms with van der Waals surface area (Å²) < 4.78 is 11.2. The number of nitrogens with one attached hydrogen (secondary N) is 2. The van der Waals surface area contributed by atoms with E-state index in [2.05, 4.69) is 34.9 Å². The van der Waals surface area contributed by atoms with E-state index in [4.69, 9.17) is 9.47 Å². The van der Waals surface area contributed by atoms with E-state index in [1.807, 2.05) is 18.2 Å². The predicted octanol–water partition coefficient (Wildman–Crippen LogP) is 3.48. The summed E-state index contributed by atoms with van der Waals surface area (Å²) in [5, 5.41) is 7.35. The molecule has 2 N–H and O–H groups in total. The lowest BCUT2D eigenvalue weighted by Crippen LogP contribution is -2.45. The maximum absolute atomic E-state index is 12.0. The predicted molar refractivity (Wildman–Crippen MR) is 123 cm³/mol. The normalized spacial score (nSPS) is 20.3. The highest BCUT2D eigenvalue weighted by atomic mass is 35.5. The molecule has 0 aromatic heterocycles. The van der Waals surface area contributed by atoms with Crippen LogP contribution < -0.4 is 25.0 Å². The molecule has 2 aliphatic rings. The smallest absolute Gasteiger partial charge is 0.264 e. The number of carbonyl (C=O) groups is 1. The second kappa shape index (κ2) is 10.9. The molecule has 0 spiro atoms. The van der Waals surface area contributed by atoms with Crippen LogP contribution in [-0.2, 0) is 11.3 Å². The zero-order valence-corrected chi connectivity index (χ0v) is 18.9. The fourth-order valence-electron chi connectivity index (χ4n) is 4.03. The van der Waals surface area contributed by atoms with Crippen LogP contribution in [0.2, 0.25) is 0 Å². The summed E-state index contributed by atoms with van der Waals surface area (Å²) in [6.07, 6.45) is 2.26. The molecule has 0 saturated carbocycles. The molecule has 2 heterocycles. The van der Waals surface area contributed by atoms with E-state index in [1.54, 1.807) is 19.1 Å². The second-order valence-electron chi connectivity index (χ2n) is 7.35. The van der Waals surface area contributed by atoms with Crippen molar-refractivity contribution in [1.29, 1.82) is 0 Å². The molecule has 2 aromatic carbocycles. The second-order valence-corrected chi connectivity index (χ2v) is 7.35. The van der Waals surface area contributed by atoms with E-state index >= 15 is 0 Å². The maximum atomic E-state index is 12.0. The van der Waals surface area contributed by atoms with Gasteiger partial charge in [0.2, 0.25) is 0 Å². The van der Waals surface area contributed by atoms with Gasteiger partial charge in [0.15, 0.2) is 6.61 Å². The molecule has 6 nitrogen and oxygen atoms in total. The molecule has 1 amide bonds. The van der Waals surface area contributed by atoms with Gasteiger partial charge >= 0.3 is 0 Å². The van der Waals surface area contributed by atoms with Gasteiger partial charge in [-0.15, -0.1) is 24.8 Å². The molecule has 1 saturated heterocycles. The Morgan fingerprint density at radius 3 is 2.73 bits per heavy atom. The summed E-state index contributed by atoms with van der Waals surface area (Å²) in [5.74, 6) is 1.41. The number of hydrogen-bond donors (Lipinski definition) is 2. The SMILES string of the molecule is COc1cc2c(cc1CNC1CCCNC1c1ccccc1)N(C)C(=O)CO2.Cl.Cl. The first-order chi connectivity index (χ1) is 13.7. The summed E-state index contributed by atoms with van der Waals surface area (Å²) in [4.78, 5) is 13.6. The molecule has 4 rings (SSSR count). The summed E-state index contributed by atoms with van der Waals surface area (Å²) in [5.41, 5.74) is 3.11. The molecule has 2 aromatic rings. The third kappa shape index (κ3) is 5.01. The average molecular weight is 454 g/mol. The molecule has 0 radical (unpaired) electrons. The summed E-state index contributed by atoms with van der Waals surface area (Å²) in [6, 6.07) is 15.1. The van der Waals surface area contributed by atoms with E-state index in [9.17, 15) is 4.79 Å². The molecule has 164 valence electrons. The Hall–Kier alpha value is -1.99. The first kappa shape index (κ1) is 24.3. The van der Waals surface area contributed by atoms with Gasteiger partial charge in [-0.1, -0.05) is 30.3 Å². The lowest BCUT2D eigenvalue weighted by Gasteiger charge is -2.34. The zero-order valence-electron chi connectivity index (χ0n) is 17.2. The standard InChI is InChI=1S/C22H27N3O3.2ClH/c1-25-18-11-16(19(27-2)12-20(18)28-14-21(25)26)13-24-17-9-6-10-23-22(17)15-7-4-3-5-8-15;;/h3-5,7-8,11-12,17,22-24H,6,9-10,13-14H2,1-2H3;2*1H. The topological polar surface area (TPSA) is 62.8 Å². The summed E-state index contributed by atoms with van der Waals surface area (Å²) in [7, 11) is 3.45. The molecule has 1 fully saturated rings. The minimum Gasteiger partial charge on any atom is -0.496 e. The Labute approximate surface area is 190 Å². The third-order valence-corrected chi connectivity index (χ3v) is 5.62. The highest BCUT2D eigenvalue weighted by Gasteiger charge is 2.27. The minimum absolute atomic E-state index is 0. The monoisotopic (exact) mass is 453 g/mol. The summed E-state index contributed by atoms with van der Waals surface area (Å²) in [6.45, 7) is 1.76. The van der Waals surface area contributed by atoms with Crippen molar-refractivity contribution in [2.45, 2.75) is 31.5 Å². The van der Waals surface area contributed by atoms with Crippen molar-refractivity contribution >= 4 is 36.4 Å². The van der Waals surface area contributed by atoms with Gasteiger partial charge in [0.1, 0.15) is 11.5 Å². The number of methoxy groups -OCH3 is 1. The molecule has 8 heteroatoms. The lowest BCUT2D eigenvalue weighted by molar-refractivity contribution is -0.120. The van der Waals surface area contributed by atoms with E-state index in [0.29, 0.717) is 18.3 Å². The van der Waals surface area contributed by atoms with Crippen LogP contribution in [0.5, 0.6) is 11.5 Å². The van der Waals surface area contributed by atoms with Gasteiger partial charge in [-0.05, 0) is 31.0 Å². The molecule has 2 aliphatic heterocycles.